The molecular weight excluding hydrogens is 398 g/mol. The Hall–Kier alpha value is -2.74. The number of ether oxygens (including phenoxy) is 2. The molecule has 2 aromatic heterocycles. The van der Waals surface area contributed by atoms with Crippen LogP contribution in [0.1, 0.15) is 46.8 Å². The van der Waals surface area contributed by atoms with Crippen molar-refractivity contribution in [3.63, 3.8) is 0 Å². The van der Waals surface area contributed by atoms with Crippen LogP contribution in [0.4, 0.5) is 0 Å². The first-order valence-electron chi connectivity index (χ1n) is 9.90. The Morgan fingerprint density at radius 2 is 2.10 bits per heavy atom. The third-order valence-corrected chi connectivity index (χ3v) is 5.99. The Kier molecular flexibility index (Phi) is 6.13. The van der Waals surface area contributed by atoms with Gasteiger partial charge in [0.25, 0.3) is 5.56 Å². The number of nitrogens with two attached hydrogens (primary N) is 1. The van der Waals surface area contributed by atoms with Gasteiger partial charge >= 0.3 is 0 Å². The van der Waals surface area contributed by atoms with Gasteiger partial charge in [0.05, 0.1) is 12.3 Å². The van der Waals surface area contributed by atoms with Gasteiger partial charge in [-0.05, 0) is 48.6 Å². The van der Waals surface area contributed by atoms with E-state index in [1.807, 2.05) is 18.4 Å². The third kappa shape index (κ3) is 4.53. The maximum absolute atomic E-state index is 12.7. The first kappa shape index (κ1) is 20.5. The van der Waals surface area contributed by atoms with Gasteiger partial charge in [-0.1, -0.05) is 18.2 Å². The van der Waals surface area contributed by atoms with Crippen molar-refractivity contribution in [2.75, 3.05) is 7.11 Å². The van der Waals surface area contributed by atoms with Gasteiger partial charge < -0.3 is 15.2 Å². The highest BCUT2D eigenvalue weighted by molar-refractivity contribution is 7.09. The van der Waals surface area contributed by atoms with Crippen molar-refractivity contribution >= 4 is 23.1 Å². The van der Waals surface area contributed by atoms with Crippen LogP contribution in [-0.4, -0.2) is 16.7 Å². The van der Waals surface area contributed by atoms with Crippen LogP contribution < -0.4 is 16.0 Å². The summed E-state index contributed by atoms with van der Waals surface area (Å²) in [5.74, 6) is 0.540. The standard InChI is InChI=1S/C23H25N3O3S/c1-15(24)16-3-4-18-10-20(6-5-17(18)9-16)26-8-7-21(11-23(26)27)29-13-22-25-19(12-28-2)14-30-22/h3-4,7-11,14-15H,5-6,12-13,24H2,1-2H3. The normalized spacial score (nSPS) is 14.2. The number of thiazole rings is 1. The van der Waals surface area contributed by atoms with E-state index in [1.165, 1.54) is 23.0 Å². The van der Waals surface area contributed by atoms with Crippen LogP contribution in [0.25, 0.3) is 11.8 Å². The van der Waals surface area contributed by atoms with E-state index in [0.29, 0.717) is 19.0 Å². The number of pyridine rings is 1. The fourth-order valence-electron chi connectivity index (χ4n) is 3.53. The third-order valence-electron chi connectivity index (χ3n) is 5.12. The van der Waals surface area contributed by atoms with Gasteiger partial charge in [-0.15, -0.1) is 11.3 Å². The molecule has 0 amide bonds. The van der Waals surface area contributed by atoms with E-state index in [9.17, 15) is 4.79 Å². The number of nitrogens with zero attached hydrogens (tertiary/aromatic N) is 2. The number of aromatic nitrogens is 2. The number of hydrogen-bond acceptors (Lipinski definition) is 6. The van der Waals surface area contributed by atoms with Crippen molar-refractivity contribution in [1.82, 2.24) is 9.55 Å². The summed E-state index contributed by atoms with van der Waals surface area (Å²) in [7, 11) is 1.64. The predicted octanol–water partition coefficient (Wildman–Crippen LogP) is 3.99. The molecule has 4 rings (SSSR count). The van der Waals surface area contributed by atoms with Gasteiger partial charge in [0.15, 0.2) is 0 Å². The average molecular weight is 424 g/mol. The fraction of sp³-hybridized carbons (Fsp3) is 0.304. The summed E-state index contributed by atoms with van der Waals surface area (Å²) in [6.45, 7) is 2.80. The van der Waals surface area contributed by atoms with Crippen molar-refractivity contribution < 1.29 is 9.47 Å². The van der Waals surface area contributed by atoms with Crippen LogP contribution in [0.2, 0.25) is 0 Å². The van der Waals surface area contributed by atoms with Gasteiger partial charge in [0, 0.05) is 36.5 Å². The quantitative estimate of drug-likeness (QED) is 0.621. The molecule has 2 heterocycles. The lowest BCUT2D eigenvalue weighted by Crippen LogP contribution is -2.19. The van der Waals surface area contributed by atoms with Gasteiger partial charge in [0.1, 0.15) is 17.4 Å². The number of benzene rings is 1. The smallest absolute Gasteiger partial charge is 0.258 e. The minimum atomic E-state index is -0.103. The number of hydrogen-bond donors (Lipinski definition) is 1. The Balaban J connectivity index is 1.48. The number of aryl methyl sites for hydroxylation is 1. The number of allylic oxidation sites excluding steroid dienone is 1. The molecule has 0 saturated carbocycles. The molecule has 1 aliphatic carbocycles. The van der Waals surface area contributed by atoms with Crippen LogP contribution in [0, 0.1) is 0 Å². The van der Waals surface area contributed by atoms with Crippen LogP contribution in [0.3, 0.4) is 0 Å². The summed E-state index contributed by atoms with van der Waals surface area (Å²) in [5.41, 5.74) is 11.3. The monoisotopic (exact) mass is 423 g/mol. The second-order valence-electron chi connectivity index (χ2n) is 7.41. The number of rotatable bonds is 7. The lowest BCUT2D eigenvalue weighted by Gasteiger charge is -2.20. The molecule has 30 heavy (non-hydrogen) atoms. The van der Waals surface area contributed by atoms with E-state index in [-0.39, 0.29) is 11.6 Å². The molecule has 1 aromatic carbocycles. The minimum Gasteiger partial charge on any atom is -0.486 e. The molecular formula is C23H25N3O3S. The molecule has 0 bridgehead atoms. The zero-order chi connectivity index (χ0) is 21.1. The van der Waals surface area contributed by atoms with Crippen LogP contribution in [0.5, 0.6) is 5.75 Å². The molecule has 156 valence electrons. The molecule has 0 radical (unpaired) electrons. The molecule has 7 heteroatoms. The summed E-state index contributed by atoms with van der Waals surface area (Å²) in [6.07, 6.45) is 5.55. The number of fused-ring (bicyclic) bond motifs is 1. The molecule has 0 saturated heterocycles. The second-order valence-corrected chi connectivity index (χ2v) is 8.35. The largest absolute Gasteiger partial charge is 0.486 e. The first-order valence-corrected chi connectivity index (χ1v) is 10.8. The highest BCUT2D eigenvalue weighted by Gasteiger charge is 2.14. The summed E-state index contributed by atoms with van der Waals surface area (Å²) in [6, 6.07) is 9.68. The molecule has 1 unspecified atom stereocenters. The topological polar surface area (TPSA) is 79.4 Å². The van der Waals surface area contributed by atoms with Crippen molar-refractivity contribution in [3.8, 4) is 5.75 Å². The van der Waals surface area contributed by atoms with Crippen molar-refractivity contribution in [3.05, 3.63) is 79.7 Å². The fourth-order valence-corrected chi connectivity index (χ4v) is 4.22. The Morgan fingerprint density at radius 3 is 2.87 bits per heavy atom. The maximum Gasteiger partial charge on any atom is 0.258 e. The molecule has 1 aliphatic rings. The summed E-state index contributed by atoms with van der Waals surface area (Å²) in [4.78, 5) is 17.1. The maximum atomic E-state index is 12.7. The molecule has 1 atom stereocenters. The second kappa shape index (κ2) is 8.95. The molecule has 6 nitrogen and oxygen atoms in total. The van der Waals surface area contributed by atoms with Crippen molar-refractivity contribution in [2.24, 2.45) is 5.73 Å². The van der Waals surface area contributed by atoms with E-state index in [4.69, 9.17) is 15.2 Å². The Labute approximate surface area is 179 Å². The van der Waals surface area contributed by atoms with E-state index < -0.39 is 0 Å². The average Bonchev–Trinajstić information content (AvgIpc) is 3.19. The van der Waals surface area contributed by atoms with Gasteiger partial charge in [0.2, 0.25) is 0 Å². The molecule has 0 aliphatic heterocycles. The van der Waals surface area contributed by atoms with Gasteiger partial charge in [-0.25, -0.2) is 4.98 Å². The predicted molar refractivity (Wildman–Crippen MR) is 119 cm³/mol. The van der Waals surface area contributed by atoms with Crippen LogP contribution in [-0.2, 0) is 24.4 Å². The summed E-state index contributed by atoms with van der Waals surface area (Å²) < 4.78 is 12.5. The zero-order valence-electron chi connectivity index (χ0n) is 17.1. The highest BCUT2D eigenvalue weighted by Crippen LogP contribution is 2.28. The van der Waals surface area contributed by atoms with Crippen LogP contribution in [0.15, 0.2) is 46.7 Å². The van der Waals surface area contributed by atoms with Gasteiger partial charge in [-0.2, -0.15) is 0 Å². The highest BCUT2D eigenvalue weighted by atomic mass is 32.1. The summed E-state index contributed by atoms with van der Waals surface area (Å²) >= 11 is 1.52. The van der Waals surface area contributed by atoms with Gasteiger partial charge in [-0.3, -0.25) is 9.36 Å². The van der Waals surface area contributed by atoms with E-state index in [2.05, 4.69) is 29.3 Å². The first-order chi connectivity index (χ1) is 14.5. The van der Waals surface area contributed by atoms with E-state index in [1.54, 1.807) is 17.9 Å². The van der Waals surface area contributed by atoms with Crippen molar-refractivity contribution in [1.29, 1.82) is 0 Å². The Bertz CT molecular complexity index is 1130. The molecule has 0 fully saturated rings. The van der Waals surface area contributed by atoms with Crippen molar-refractivity contribution in [2.45, 2.75) is 39.0 Å². The molecule has 0 spiro atoms. The Morgan fingerprint density at radius 1 is 1.23 bits per heavy atom. The lowest BCUT2D eigenvalue weighted by molar-refractivity contribution is 0.181. The minimum absolute atomic E-state index is 0.0202. The summed E-state index contributed by atoms with van der Waals surface area (Å²) in [5, 5.41) is 2.80. The molecule has 2 N–H and O–H groups in total. The lowest BCUT2D eigenvalue weighted by atomic mass is 9.92. The number of methoxy groups -OCH3 is 1. The van der Waals surface area contributed by atoms with E-state index >= 15 is 0 Å². The van der Waals surface area contributed by atoms with E-state index in [0.717, 1.165) is 40.4 Å². The molecule has 3 aromatic rings. The van der Waals surface area contributed by atoms with Crippen LogP contribution >= 0.6 is 11.3 Å². The SMILES string of the molecule is COCc1csc(COc2ccn(C3=Cc4ccc(C(C)N)cc4CC3)c(=O)c2)n1. The zero-order valence-corrected chi connectivity index (χ0v) is 17.9.